The lowest BCUT2D eigenvalue weighted by atomic mass is 9.97. The number of benzene rings is 2. The Morgan fingerprint density at radius 3 is 2.59 bits per heavy atom. The number of halogens is 3. The number of nitriles is 1. The number of aromatic nitrogens is 2. The molecule has 0 bridgehead atoms. The first-order valence-corrected chi connectivity index (χ1v) is 8.14. The Morgan fingerprint density at radius 1 is 1.22 bits per heavy atom. The maximum absolute atomic E-state index is 13.4. The zero-order chi connectivity index (χ0) is 19.8. The number of nitrogens with two attached hydrogens (primary N) is 1. The Hall–Kier alpha value is -2.89. The summed E-state index contributed by atoms with van der Waals surface area (Å²) in [5.41, 5.74) is 6.69. The van der Waals surface area contributed by atoms with E-state index in [4.69, 9.17) is 15.7 Å². The summed E-state index contributed by atoms with van der Waals surface area (Å²) in [6.07, 6.45) is -4.85. The van der Waals surface area contributed by atoms with E-state index in [9.17, 15) is 13.2 Å². The fourth-order valence-electron chi connectivity index (χ4n) is 2.82. The number of nitrogens with one attached hydrogen (secondary N) is 1. The highest BCUT2D eigenvalue weighted by molar-refractivity contribution is 5.83. The molecule has 0 saturated heterocycles. The number of hydrogen-bond acceptors (Lipinski definition) is 4. The number of aromatic amines is 1. The van der Waals surface area contributed by atoms with E-state index in [2.05, 4.69) is 9.97 Å². The van der Waals surface area contributed by atoms with E-state index >= 15 is 0 Å². The van der Waals surface area contributed by atoms with Gasteiger partial charge in [0.25, 0.3) is 0 Å². The van der Waals surface area contributed by atoms with Crippen LogP contribution in [0, 0.1) is 11.3 Å². The van der Waals surface area contributed by atoms with Gasteiger partial charge in [0, 0.05) is 7.11 Å². The average Bonchev–Trinajstić information content (AvgIpc) is 3.08. The van der Waals surface area contributed by atoms with Gasteiger partial charge in [0.1, 0.15) is 5.82 Å². The number of ether oxygens (including phenoxy) is 1. The van der Waals surface area contributed by atoms with E-state index in [0.717, 1.165) is 6.07 Å². The molecule has 0 spiro atoms. The molecule has 2 atom stereocenters. The van der Waals surface area contributed by atoms with Crippen molar-refractivity contribution < 1.29 is 17.9 Å². The van der Waals surface area contributed by atoms with Crippen molar-refractivity contribution in [1.29, 1.82) is 5.26 Å². The van der Waals surface area contributed by atoms with Crippen LogP contribution in [0.5, 0.6) is 0 Å². The number of alkyl halides is 3. The van der Waals surface area contributed by atoms with Crippen LogP contribution in [0.2, 0.25) is 0 Å². The Balaban J connectivity index is 2.10. The molecule has 0 aliphatic rings. The summed E-state index contributed by atoms with van der Waals surface area (Å²) in [6.45, 7) is 1.80. The highest BCUT2D eigenvalue weighted by Gasteiger charge is 2.34. The van der Waals surface area contributed by atoms with Gasteiger partial charge in [-0.05, 0) is 42.3 Å². The van der Waals surface area contributed by atoms with Crippen LogP contribution in [0.25, 0.3) is 22.2 Å². The maximum atomic E-state index is 13.4. The van der Waals surface area contributed by atoms with Crippen molar-refractivity contribution in [2.75, 3.05) is 7.11 Å². The smallest absolute Gasteiger partial charge is 0.380 e. The van der Waals surface area contributed by atoms with E-state index < -0.39 is 17.8 Å². The van der Waals surface area contributed by atoms with Gasteiger partial charge in [-0.15, -0.1) is 0 Å². The first-order chi connectivity index (χ1) is 12.7. The zero-order valence-electron chi connectivity index (χ0n) is 14.6. The van der Waals surface area contributed by atoms with E-state index in [1.165, 1.54) is 19.2 Å². The lowest BCUT2D eigenvalue weighted by molar-refractivity contribution is -0.137. The first-order valence-electron chi connectivity index (χ1n) is 8.14. The Morgan fingerprint density at radius 2 is 1.96 bits per heavy atom. The summed E-state index contributed by atoms with van der Waals surface area (Å²) >= 11 is 0. The topological polar surface area (TPSA) is 87.7 Å². The second kappa shape index (κ2) is 7.02. The van der Waals surface area contributed by atoms with Crippen molar-refractivity contribution in [2.24, 2.45) is 5.73 Å². The van der Waals surface area contributed by atoms with Gasteiger partial charge < -0.3 is 15.5 Å². The molecule has 0 aliphatic heterocycles. The molecule has 2 aromatic carbocycles. The molecule has 3 rings (SSSR count). The maximum Gasteiger partial charge on any atom is 0.417 e. The molecule has 0 radical (unpaired) electrons. The summed E-state index contributed by atoms with van der Waals surface area (Å²) in [5, 5.41) is 8.90. The number of nitrogens with zero attached hydrogens (tertiary/aromatic N) is 2. The largest absolute Gasteiger partial charge is 0.417 e. The minimum absolute atomic E-state index is 0.00546. The van der Waals surface area contributed by atoms with Crippen molar-refractivity contribution in [2.45, 2.75) is 25.2 Å². The minimum Gasteiger partial charge on any atom is -0.380 e. The van der Waals surface area contributed by atoms with Gasteiger partial charge in [0.2, 0.25) is 0 Å². The van der Waals surface area contributed by atoms with E-state index in [-0.39, 0.29) is 17.2 Å². The van der Waals surface area contributed by atoms with Crippen molar-refractivity contribution in [1.82, 2.24) is 9.97 Å². The highest BCUT2D eigenvalue weighted by Crippen LogP contribution is 2.38. The van der Waals surface area contributed by atoms with Gasteiger partial charge in [-0.25, -0.2) is 4.98 Å². The van der Waals surface area contributed by atoms with Crippen LogP contribution in [0.4, 0.5) is 13.2 Å². The minimum atomic E-state index is -4.58. The molecule has 3 N–H and O–H groups in total. The number of fused-ring (bicyclic) bond motifs is 1. The molecule has 8 heteroatoms. The number of imidazole rings is 1. The van der Waals surface area contributed by atoms with Crippen molar-refractivity contribution in [3.63, 3.8) is 0 Å². The van der Waals surface area contributed by atoms with Gasteiger partial charge in [0.15, 0.2) is 0 Å². The summed E-state index contributed by atoms with van der Waals surface area (Å²) in [6, 6.07) is 9.55. The normalized spacial score (nSPS) is 14.1. The molecule has 0 amide bonds. The monoisotopic (exact) mass is 374 g/mol. The lowest BCUT2D eigenvalue weighted by Gasteiger charge is -2.15. The standard InChI is InChI=1S/C19H17F3N4O/c1-10(27-2)17(24)18-25-15-6-4-12(8-16(15)26-18)13-5-3-11(9-23)7-14(13)19(20,21)22/h3-8,10,17H,24H2,1-2H3,(H,25,26). The third-order valence-corrected chi connectivity index (χ3v) is 4.46. The molecule has 140 valence electrons. The van der Waals surface area contributed by atoms with Crippen LogP contribution in [0.1, 0.15) is 29.9 Å². The van der Waals surface area contributed by atoms with Crippen LogP contribution >= 0.6 is 0 Å². The highest BCUT2D eigenvalue weighted by atomic mass is 19.4. The molecule has 2 unspecified atom stereocenters. The Kier molecular flexibility index (Phi) is 4.91. The van der Waals surface area contributed by atoms with Gasteiger partial charge in [0.05, 0.1) is 40.4 Å². The van der Waals surface area contributed by atoms with Crippen molar-refractivity contribution >= 4 is 11.0 Å². The molecular weight excluding hydrogens is 357 g/mol. The third kappa shape index (κ3) is 3.65. The molecule has 0 saturated carbocycles. The van der Waals surface area contributed by atoms with Crippen molar-refractivity contribution in [3.05, 3.63) is 53.3 Å². The molecule has 0 aliphatic carbocycles. The third-order valence-electron chi connectivity index (χ3n) is 4.46. The second-order valence-corrected chi connectivity index (χ2v) is 6.19. The summed E-state index contributed by atoms with van der Waals surface area (Å²) in [4.78, 5) is 7.44. The Bertz CT molecular complexity index is 1020. The van der Waals surface area contributed by atoms with E-state index in [0.29, 0.717) is 22.4 Å². The summed E-state index contributed by atoms with van der Waals surface area (Å²) in [7, 11) is 1.54. The number of rotatable bonds is 4. The lowest BCUT2D eigenvalue weighted by Crippen LogP contribution is -2.26. The van der Waals surface area contributed by atoms with Gasteiger partial charge in [-0.2, -0.15) is 18.4 Å². The number of methoxy groups -OCH3 is 1. The van der Waals surface area contributed by atoms with E-state index in [1.807, 2.05) is 0 Å². The van der Waals surface area contributed by atoms with Gasteiger partial charge in [-0.1, -0.05) is 12.1 Å². The zero-order valence-corrected chi connectivity index (χ0v) is 14.6. The molecule has 1 heterocycles. The van der Waals surface area contributed by atoms with E-state index in [1.54, 1.807) is 31.2 Å². The fraction of sp³-hybridized carbons (Fsp3) is 0.263. The van der Waals surface area contributed by atoms with Crippen LogP contribution in [0.3, 0.4) is 0 Å². The first kappa shape index (κ1) is 18.9. The SMILES string of the molecule is COC(C)C(N)c1nc2ccc(-c3ccc(C#N)cc3C(F)(F)F)cc2[nH]1. The van der Waals surface area contributed by atoms with Crippen molar-refractivity contribution in [3.8, 4) is 17.2 Å². The van der Waals surface area contributed by atoms with Crippen LogP contribution in [-0.2, 0) is 10.9 Å². The van der Waals surface area contributed by atoms with Gasteiger partial charge >= 0.3 is 6.18 Å². The molecular formula is C19H17F3N4O. The Labute approximate surface area is 153 Å². The molecule has 0 fully saturated rings. The van der Waals surface area contributed by atoms with Crippen LogP contribution in [-0.4, -0.2) is 23.2 Å². The van der Waals surface area contributed by atoms with Crippen LogP contribution < -0.4 is 5.73 Å². The fourth-order valence-corrected chi connectivity index (χ4v) is 2.82. The quantitative estimate of drug-likeness (QED) is 0.718. The number of H-pyrrole nitrogens is 1. The molecule has 3 aromatic rings. The molecule has 5 nitrogen and oxygen atoms in total. The van der Waals surface area contributed by atoms with Gasteiger partial charge in [-0.3, -0.25) is 0 Å². The molecule has 1 aromatic heterocycles. The molecule has 27 heavy (non-hydrogen) atoms. The second-order valence-electron chi connectivity index (χ2n) is 6.19. The number of hydrogen-bond donors (Lipinski definition) is 2. The van der Waals surface area contributed by atoms with Crippen LogP contribution in [0.15, 0.2) is 36.4 Å². The predicted molar refractivity (Wildman–Crippen MR) is 94.6 cm³/mol. The predicted octanol–water partition coefficient (Wildman–Crippen LogP) is 4.16. The summed E-state index contributed by atoms with van der Waals surface area (Å²) < 4.78 is 45.5. The average molecular weight is 374 g/mol. The summed E-state index contributed by atoms with van der Waals surface area (Å²) in [5.74, 6) is 0.493.